The van der Waals surface area contributed by atoms with E-state index < -0.39 is 81.8 Å². The molecular weight excluding hydrogens is 672 g/mol. The summed E-state index contributed by atoms with van der Waals surface area (Å²) < 4.78 is 58.3. The maximum Gasteiger partial charge on any atom is 0.347 e. The molecule has 0 fully saturated rings. The summed E-state index contributed by atoms with van der Waals surface area (Å²) in [4.78, 5) is 72.9. The van der Waals surface area contributed by atoms with Gasteiger partial charge in [0.2, 0.25) is 10.0 Å². The predicted molar refractivity (Wildman–Crippen MR) is 158 cm³/mol. The first kappa shape index (κ1) is 38.5. The summed E-state index contributed by atoms with van der Waals surface area (Å²) in [5, 5.41) is 7.72. The van der Waals surface area contributed by atoms with Gasteiger partial charge in [-0.05, 0) is 58.9 Å². The Morgan fingerprint density at radius 3 is 1.87 bits per heavy atom. The molecule has 0 saturated carbocycles. The number of anilines is 1. The smallest absolute Gasteiger partial charge is 0.347 e. The number of carbonyl (C=O) groups excluding carboxylic acids is 6. The molecule has 19 heteroatoms. The summed E-state index contributed by atoms with van der Waals surface area (Å²) in [6, 6.07) is 5.23. The van der Waals surface area contributed by atoms with Gasteiger partial charge in [-0.25, -0.2) is 42.3 Å². The van der Waals surface area contributed by atoms with E-state index in [0.29, 0.717) is 5.76 Å². The number of esters is 6. The van der Waals surface area contributed by atoms with E-state index in [1.54, 1.807) is 19.1 Å². The van der Waals surface area contributed by atoms with Crippen molar-refractivity contribution in [2.24, 2.45) is 5.14 Å². The zero-order chi connectivity index (χ0) is 35.5. The van der Waals surface area contributed by atoms with Crippen molar-refractivity contribution >= 4 is 63.1 Å². The Labute approximate surface area is 273 Å². The van der Waals surface area contributed by atoms with Crippen LogP contribution in [0.25, 0.3) is 0 Å². The van der Waals surface area contributed by atoms with Gasteiger partial charge in [-0.15, -0.1) is 0 Å². The molecule has 258 valence electrons. The molecule has 4 atom stereocenters. The summed E-state index contributed by atoms with van der Waals surface area (Å²) >= 11 is 6.04. The highest BCUT2D eigenvalue weighted by Gasteiger charge is 2.30. The second kappa shape index (κ2) is 17.3. The third-order valence-corrected chi connectivity index (χ3v) is 7.13. The van der Waals surface area contributed by atoms with Crippen LogP contribution in [0, 0.1) is 0 Å². The van der Waals surface area contributed by atoms with Crippen LogP contribution in [0.5, 0.6) is 0 Å². The van der Waals surface area contributed by atoms with Crippen molar-refractivity contribution in [1.29, 1.82) is 0 Å². The van der Waals surface area contributed by atoms with Gasteiger partial charge in [-0.1, -0.05) is 11.6 Å². The van der Waals surface area contributed by atoms with Crippen LogP contribution in [-0.2, 0) is 69.0 Å². The van der Waals surface area contributed by atoms with Crippen molar-refractivity contribution in [3.8, 4) is 0 Å². The number of sulfonamides is 1. The number of nitrogens with two attached hydrogens (primary N) is 1. The molecule has 0 amide bonds. The molecule has 0 bridgehead atoms. The number of hydrogen-bond acceptors (Lipinski definition) is 16. The number of ether oxygens (including phenoxy) is 6. The molecule has 0 spiro atoms. The van der Waals surface area contributed by atoms with Gasteiger partial charge in [-0.3, -0.25) is 0 Å². The summed E-state index contributed by atoms with van der Waals surface area (Å²) in [7, 11) is -4.36. The Bertz CT molecular complexity index is 1580. The number of primary sulfonamides is 1. The third kappa shape index (κ3) is 11.9. The highest BCUT2D eigenvalue weighted by molar-refractivity contribution is 7.89. The molecule has 17 nitrogen and oxygen atoms in total. The van der Waals surface area contributed by atoms with Crippen molar-refractivity contribution in [2.75, 3.05) is 18.5 Å². The molecule has 3 N–H and O–H groups in total. The van der Waals surface area contributed by atoms with E-state index in [1.165, 1.54) is 13.2 Å². The lowest BCUT2D eigenvalue weighted by Gasteiger charge is -2.19. The number of benzene rings is 1. The lowest BCUT2D eigenvalue weighted by atomic mass is 10.1. The summed E-state index contributed by atoms with van der Waals surface area (Å²) in [5.74, 6) is -6.14. The quantitative estimate of drug-likeness (QED) is 0.186. The molecule has 0 aliphatic heterocycles. The number of furan rings is 1. The second-order valence-corrected chi connectivity index (χ2v) is 11.4. The lowest BCUT2D eigenvalue weighted by Crippen LogP contribution is -2.37. The highest BCUT2D eigenvalue weighted by Crippen LogP contribution is 2.29. The van der Waals surface area contributed by atoms with Gasteiger partial charge >= 0.3 is 35.8 Å². The topological polar surface area (TPSA) is 243 Å². The van der Waals surface area contributed by atoms with E-state index in [0.717, 1.165) is 32.9 Å². The fraction of sp³-hybridized carbons (Fsp3) is 0.429. The van der Waals surface area contributed by atoms with Crippen LogP contribution in [0.1, 0.15) is 50.7 Å². The normalized spacial score (nSPS) is 13.6. The van der Waals surface area contributed by atoms with Gasteiger partial charge in [0.05, 0.1) is 35.7 Å². The largest absolute Gasteiger partial charge is 0.467 e. The molecule has 1 heterocycles. The Balaban J connectivity index is 1.94. The number of rotatable bonds is 16. The minimum Gasteiger partial charge on any atom is -0.467 e. The Morgan fingerprint density at radius 1 is 0.851 bits per heavy atom. The summed E-state index contributed by atoms with van der Waals surface area (Å²) in [6.45, 7) is 5.31. The van der Waals surface area contributed by atoms with E-state index in [2.05, 4.69) is 5.32 Å². The fourth-order valence-electron chi connectivity index (χ4n) is 3.38. The molecule has 0 aliphatic rings. The Kier molecular flexibility index (Phi) is 14.2. The van der Waals surface area contributed by atoms with Crippen molar-refractivity contribution in [2.45, 2.75) is 70.5 Å². The number of halogens is 1. The molecule has 0 aliphatic carbocycles. The van der Waals surface area contributed by atoms with Gasteiger partial charge in [0, 0.05) is 0 Å². The van der Waals surface area contributed by atoms with Crippen molar-refractivity contribution in [1.82, 2.24) is 0 Å². The molecular formula is C28H33ClN2O15S. The van der Waals surface area contributed by atoms with Crippen LogP contribution in [0.2, 0.25) is 5.02 Å². The van der Waals surface area contributed by atoms with Crippen molar-refractivity contribution in [3.63, 3.8) is 0 Å². The van der Waals surface area contributed by atoms with Crippen LogP contribution >= 0.6 is 11.6 Å². The number of carbonyl (C=O) groups is 6. The highest BCUT2D eigenvalue weighted by atomic mass is 35.5. The fourth-order valence-corrected chi connectivity index (χ4v) is 4.48. The van der Waals surface area contributed by atoms with Crippen LogP contribution in [0.15, 0.2) is 39.8 Å². The molecule has 2 rings (SSSR count). The van der Waals surface area contributed by atoms with Crippen LogP contribution in [-0.4, -0.2) is 81.9 Å². The standard InChI is InChI=1S/C28H33ClN2O15S/c1-6-40-24(33)14(2)44-26(35)16(4)46-27(36)17(5)45-25(34)15(3)43-23(32)13-42-28(37)19-10-22(47(30,38)39)20(29)11-21(19)31-12-18-8-7-9-41-18/h7-11,14-17,31H,6,12-13H2,1-5H3,(H2,30,38,39)/t14-,15-,16-,17-/m0/s1. The molecule has 0 saturated heterocycles. The molecule has 1 aromatic heterocycles. The van der Waals surface area contributed by atoms with Gasteiger partial charge in [0.15, 0.2) is 31.0 Å². The number of nitrogens with one attached hydrogen (secondary N) is 1. The van der Waals surface area contributed by atoms with E-state index in [1.807, 2.05) is 0 Å². The SMILES string of the molecule is CCOC(=O)[C@H](C)OC(=O)[C@H](C)OC(=O)[C@H](C)OC(=O)[C@H](C)OC(=O)COC(=O)c1cc(S(N)(=O)=O)c(Cl)cc1NCc1ccco1. The van der Waals surface area contributed by atoms with Gasteiger partial charge in [-0.2, -0.15) is 0 Å². The Morgan fingerprint density at radius 2 is 1.38 bits per heavy atom. The maximum absolute atomic E-state index is 12.8. The summed E-state index contributed by atoms with van der Waals surface area (Å²) in [5.41, 5.74) is -0.336. The van der Waals surface area contributed by atoms with Gasteiger partial charge in [0.1, 0.15) is 10.7 Å². The average molecular weight is 705 g/mol. The number of hydrogen-bond donors (Lipinski definition) is 2. The first-order chi connectivity index (χ1) is 21.9. The van der Waals surface area contributed by atoms with Crippen LogP contribution in [0.4, 0.5) is 5.69 Å². The summed E-state index contributed by atoms with van der Waals surface area (Å²) in [6.07, 6.45) is -4.49. The molecule has 0 radical (unpaired) electrons. The molecule has 1 aromatic carbocycles. The first-order valence-corrected chi connectivity index (χ1v) is 15.6. The molecule has 0 unspecified atom stereocenters. The predicted octanol–water partition coefficient (Wildman–Crippen LogP) is 1.64. The zero-order valence-electron chi connectivity index (χ0n) is 25.8. The van der Waals surface area contributed by atoms with Crippen molar-refractivity contribution < 1.29 is 70.0 Å². The Hall–Kier alpha value is -4.68. The maximum atomic E-state index is 12.8. The second-order valence-electron chi connectivity index (χ2n) is 9.50. The minimum absolute atomic E-state index is 0.0195. The van der Waals surface area contributed by atoms with Gasteiger partial charge in [0.25, 0.3) is 0 Å². The van der Waals surface area contributed by atoms with E-state index in [-0.39, 0.29) is 29.4 Å². The lowest BCUT2D eigenvalue weighted by molar-refractivity contribution is -0.185. The van der Waals surface area contributed by atoms with Crippen LogP contribution in [0.3, 0.4) is 0 Å². The molecule has 47 heavy (non-hydrogen) atoms. The zero-order valence-corrected chi connectivity index (χ0v) is 27.4. The third-order valence-electron chi connectivity index (χ3n) is 5.75. The minimum atomic E-state index is -4.36. The van der Waals surface area contributed by atoms with E-state index in [9.17, 15) is 37.2 Å². The van der Waals surface area contributed by atoms with Gasteiger partial charge < -0.3 is 38.2 Å². The molecule has 2 aromatic rings. The van der Waals surface area contributed by atoms with Crippen LogP contribution < -0.4 is 10.5 Å². The monoisotopic (exact) mass is 704 g/mol. The van der Waals surface area contributed by atoms with Crippen molar-refractivity contribution in [3.05, 3.63) is 46.9 Å². The van der Waals surface area contributed by atoms with E-state index >= 15 is 0 Å². The first-order valence-electron chi connectivity index (χ1n) is 13.7. The average Bonchev–Trinajstić information content (AvgIpc) is 3.51. The van der Waals surface area contributed by atoms with E-state index in [4.69, 9.17) is 49.6 Å².